The zero-order valence-electron chi connectivity index (χ0n) is 9.96. The lowest BCUT2D eigenvalue weighted by Crippen LogP contribution is -2.52. The summed E-state index contributed by atoms with van der Waals surface area (Å²) in [5, 5.41) is 0. The van der Waals surface area contributed by atoms with Gasteiger partial charge in [-0.15, -0.1) is 0 Å². The van der Waals surface area contributed by atoms with Crippen molar-refractivity contribution in [2.75, 3.05) is 13.2 Å². The lowest BCUT2D eigenvalue weighted by atomic mass is 9.78. The number of rotatable bonds is 4. The molecule has 2 rings (SSSR count). The Morgan fingerprint density at radius 3 is 2.44 bits per heavy atom. The van der Waals surface area contributed by atoms with Gasteiger partial charge in [-0.1, -0.05) is 13.2 Å². The van der Waals surface area contributed by atoms with Gasteiger partial charge in [-0.3, -0.25) is 0 Å². The van der Waals surface area contributed by atoms with Crippen LogP contribution in [0.3, 0.4) is 0 Å². The fourth-order valence-corrected chi connectivity index (χ4v) is 2.86. The van der Waals surface area contributed by atoms with Gasteiger partial charge in [-0.25, -0.2) is 0 Å². The maximum Gasteiger partial charge on any atom is 0.153 e. The predicted octanol–water partition coefficient (Wildman–Crippen LogP) is 2.78. The summed E-state index contributed by atoms with van der Waals surface area (Å²) >= 11 is 0. The highest BCUT2D eigenvalue weighted by molar-refractivity contribution is 5.19. The van der Waals surface area contributed by atoms with Crippen molar-refractivity contribution in [3.63, 3.8) is 0 Å². The van der Waals surface area contributed by atoms with Crippen molar-refractivity contribution >= 4 is 0 Å². The highest BCUT2D eigenvalue weighted by atomic mass is 16.6. The quantitative estimate of drug-likeness (QED) is 0.687. The highest BCUT2D eigenvalue weighted by Gasteiger charge is 2.56. The van der Waals surface area contributed by atoms with Crippen molar-refractivity contribution in [2.45, 2.75) is 43.8 Å². The first-order valence-electron chi connectivity index (χ1n) is 5.89. The molecule has 0 aromatic heterocycles. The molecule has 0 spiro atoms. The van der Waals surface area contributed by atoms with Gasteiger partial charge in [0.1, 0.15) is 11.4 Å². The summed E-state index contributed by atoms with van der Waals surface area (Å²) in [5.41, 5.74) is -0.790. The molecule has 2 fully saturated rings. The topological polar surface area (TPSA) is 27.7 Å². The van der Waals surface area contributed by atoms with Crippen LogP contribution < -0.4 is 0 Å². The zero-order valence-corrected chi connectivity index (χ0v) is 9.96. The zero-order chi connectivity index (χ0) is 11.6. The van der Waals surface area contributed by atoms with E-state index in [1.54, 1.807) is 0 Å². The second-order valence-electron chi connectivity index (χ2n) is 4.67. The third kappa shape index (κ3) is 1.59. The molecule has 0 bridgehead atoms. The fourth-order valence-electron chi connectivity index (χ4n) is 2.86. The van der Waals surface area contributed by atoms with Crippen LogP contribution >= 0.6 is 0 Å². The fraction of sp³-hybridized carbons (Fsp3) is 0.692. The maximum atomic E-state index is 5.94. The van der Waals surface area contributed by atoms with Gasteiger partial charge in [0, 0.05) is 13.2 Å². The van der Waals surface area contributed by atoms with Crippen LogP contribution in [0.25, 0.3) is 0 Å². The van der Waals surface area contributed by atoms with Crippen LogP contribution in [0.1, 0.15) is 32.6 Å². The van der Waals surface area contributed by atoms with Crippen molar-refractivity contribution in [2.24, 2.45) is 0 Å². The monoisotopic (exact) mass is 224 g/mol. The van der Waals surface area contributed by atoms with Crippen LogP contribution in [-0.2, 0) is 14.2 Å². The van der Waals surface area contributed by atoms with E-state index < -0.39 is 5.60 Å². The number of hydrogen-bond donors (Lipinski definition) is 0. The number of ether oxygens (including phenoxy) is 3. The Hall–Kier alpha value is -0.800. The Kier molecular flexibility index (Phi) is 3.08. The van der Waals surface area contributed by atoms with Gasteiger partial charge in [0.05, 0.1) is 6.26 Å². The standard InChI is InChI=1S/C13H20O3/c1-4-14-11(2)13(8-6-10-16-13)12(3)7-5-9-15-12/h4H,1-2,5-10H2,3H3. The molecule has 2 unspecified atom stereocenters. The molecular formula is C13H20O3. The smallest absolute Gasteiger partial charge is 0.153 e. The van der Waals surface area contributed by atoms with E-state index in [0.717, 1.165) is 38.9 Å². The lowest BCUT2D eigenvalue weighted by Gasteiger charge is -2.42. The summed E-state index contributed by atoms with van der Waals surface area (Å²) in [6.07, 6.45) is 5.41. The molecule has 16 heavy (non-hydrogen) atoms. The van der Waals surface area contributed by atoms with Crippen molar-refractivity contribution in [1.82, 2.24) is 0 Å². The summed E-state index contributed by atoms with van der Waals surface area (Å²) in [4.78, 5) is 0. The summed E-state index contributed by atoms with van der Waals surface area (Å²) in [6.45, 7) is 11.2. The Labute approximate surface area is 97.1 Å². The molecule has 2 atom stereocenters. The van der Waals surface area contributed by atoms with E-state index in [1.807, 2.05) is 0 Å². The van der Waals surface area contributed by atoms with Crippen LogP contribution in [0.15, 0.2) is 25.2 Å². The van der Waals surface area contributed by atoms with Gasteiger partial charge in [0.2, 0.25) is 0 Å². The van der Waals surface area contributed by atoms with Gasteiger partial charge >= 0.3 is 0 Å². The third-order valence-electron chi connectivity index (χ3n) is 3.77. The van der Waals surface area contributed by atoms with Crippen molar-refractivity contribution < 1.29 is 14.2 Å². The largest absolute Gasteiger partial charge is 0.467 e. The van der Waals surface area contributed by atoms with E-state index in [9.17, 15) is 0 Å². The second-order valence-corrected chi connectivity index (χ2v) is 4.67. The van der Waals surface area contributed by atoms with Crippen LogP contribution in [0.4, 0.5) is 0 Å². The molecule has 0 amide bonds. The van der Waals surface area contributed by atoms with Crippen LogP contribution in [0.5, 0.6) is 0 Å². The van der Waals surface area contributed by atoms with E-state index in [1.165, 1.54) is 6.26 Å². The molecule has 0 saturated carbocycles. The molecule has 0 aliphatic carbocycles. The van der Waals surface area contributed by atoms with Gasteiger partial charge < -0.3 is 14.2 Å². The summed E-state index contributed by atoms with van der Waals surface area (Å²) < 4.78 is 17.2. The third-order valence-corrected chi connectivity index (χ3v) is 3.77. The van der Waals surface area contributed by atoms with Gasteiger partial charge in [-0.05, 0) is 32.6 Å². The van der Waals surface area contributed by atoms with Crippen molar-refractivity contribution in [3.8, 4) is 0 Å². The molecule has 3 nitrogen and oxygen atoms in total. The minimum atomic E-state index is -0.488. The SMILES string of the molecule is C=COC(=C)C1(C2(C)CCCO2)CCCO1. The normalized spacial score (nSPS) is 38.6. The Balaban J connectivity index is 2.27. The average molecular weight is 224 g/mol. The Bertz CT molecular complexity index is 284. The van der Waals surface area contributed by atoms with Crippen molar-refractivity contribution in [3.05, 3.63) is 25.2 Å². The lowest BCUT2D eigenvalue weighted by molar-refractivity contribution is -0.152. The highest BCUT2D eigenvalue weighted by Crippen LogP contribution is 2.48. The van der Waals surface area contributed by atoms with E-state index in [0.29, 0.717) is 5.76 Å². The van der Waals surface area contributed by atoms with E-state index >= 15 is 0 Å². The van der Waals surface area contributed by atoms with Gasteiger partial charge in [0.25, 0.3) is 0 Å². The molecule has 2 aliphatic heterocycles. The van der Waals surface area contributed by atoms with E-state index in [4.69, 9.17) is 14.2 Å². The van der Waals surface area contributed by atoms with Crippen LogP contribution in [-0.4, -0.2) is 24.4 Å². The first-order chi connectivity index (χ1) is 7.65. The first-order valence-corrected chi connectivity index (χ1v) is 5.89. The summed E-state index contributed by atoms with van der Waals surface area (Å²) in [6, 6.07) is 0. The Morgan fingerprint density at radius 1 is 1.25 bits per heavy atom. The summed E-state index contributed by atoms with van der Waals surface area (Å²) in [5.74, 6) is 0.629. The minimum absolute atomic E-state index is 0.302. The predicted molar refractivity (Wildman–Crippen MR) is 61.9 cm³/mol. The van der Waals surface area contributed by atoms with Crippen LogP contribution in [0.2, 0.25) is 0 Å². The maximum absolute atomic E-state index is 5.94. The number of hydrogen-bond acceptors (Lipinski definition) is 3. The first kappa shape index (κ1) is 11.7. The molecule has 2 aliphatic rings. The van der Waals surface area contributed by atoms with Crippen LogP contribution in [0, 0.1) is 0 Å². The van der Waals surface area contributed by atoms with E-state index in [-0.39, 0.29) is 5.60 Å². The summed E-state index contributed by atoms with van der Waals surface area (Å²) in [7, 11) is 0. The minimum Gasteiger partial charge on any atom is -0.467 e. The van der Waals surface area contributed by atoms with Gasteiger partial charge in [0.15, 0.2) is 5.60 Å². The van der Waals surface area contributed by atoms with Crippen molar-refractivity contribution in [1.29, 1.82) is 0 Å². The molecule has 3 heteroatoms. The van der Waals surface area contributed by atoms with Gasteiger partial charge in [-0.2, -0.15) is 0 Å². The second kappa shape index (κ2) is 4.22. The molecule has 0 aromatic rings. The molecule has 0 aromatic carbocycles. The molecule has 2 saturated heterocycles. The Morgan fingerprint density at radius 2 is 1.94 bits per heavy atom. The van der Waals surface area contributed by atoms with E-state index in [2.05, 4.69) is 20.1 Å². The molecular weight excluding hydrogens is 204 g/mol. The average Bonchev–Trinajstić information content (AvgIpc) is 2.87. The molecule has 90 valence electrons. The molecule has 0 N–H and O–H groups in total. The molecule has 0 radical (unpaired) electrons. The molecule has 2 heterocycles.